The van der Waals surface area contributed by atoms with E-state index in [-0.39, 0.29) is 5.91 Å². The zero-order chi connectivity index (χ0) is 22.6. The van der Waals surface area contributed by atoms with Crippen LogP contribution < -0.4 is 0 Å². The molecule has 0 N–H and O–H groups in total. The molecule has 0 radical (unpaired) electrons. The third kappa shape index (κ3) is 4.78. The Morgan fingerprint density at radius 3 is 2.27 bits per heavy atom. The lowest BCUT2D eigenvalue weighted by atomic mass is 9.91. The zero-order valence-corrected chi connectivity index (χ0v) is 19.8. The molecule has 3 heterocycles. The summed E-state index contributed by atoms with van der Waals surface area (Å²) in [4.78, 5) is 21.0. The van der Waals surface area contributed by atoms with Crippen molar-refractivity contribution < 1.29 is 4.79 Å². The molecule has 1 amide bonds. The summed E-state index contributed by atoms with van der Waals surface area (Å²) in [7, 11) is 0. The summed E-state index contributed by atoms with van der Waals surface area (Å²) < 4.78 is 0. The topological polar surface area (TPSA) is 50.6 Å². The van der Waals surface area contributed by atoms with Gasteiger partial charge >= 0.3 is 0 Å². The summed E-state index contributed by atoms with van der Waals surface area (Å²) in [6.45, 7) is 6.92. The number of fused-ring (bicyclic) bond motifs is 1. The smallest absolute Gasteiger partial charge is 0.254 e. The van der Waals surface area contributed by atoms with Crippen LogP contribution in [-0.2, 0) is 6.54 Å². The van der Waals surface area contributed by atoms with E-state index in [4.69, 9.17) is 0 Å². The Labute approximate surface area is 197 Å². The number of rotatable bonds is 4. The number of piperidine rings is 3. The van der Waals surface area contributed by atoms with Crippen molar-refractivity contribution in [2.45, 2.75) is 64.0 Å². The molecular formula is C28H36N4O. The molecule has 2 aromatic rings. The summed E-state index contributed by atoms with van der Waals surface area (Å²) in [6, 6.07) is 13.2. The number of amides is 1. The molecule has 33 heavy (non-hydrogen) atoms. The molecule has 2 aromatic carbocycles. The maximum absolute atomic E-state index is 13.8. The van der Waals surface area contributed by atoms with Gasteiger partial charge in [-0.2, -0.15) is 5.26 Å². The summed E-state index contributed by atoms with van der Waals surface area (Å²) in [5.41, 5.74) is 2.36. The van der Waals surface area contributed by atoms with Gasteiger partial charge in [0.25, 0.3) is 5.91 Å². The van der Waals surface area contributed by atoms with E-state index in [0.29, 0.717) is 18.2 Å². The molecule has 0 atom stereocenters. The Hall–Kier alpha value is -2.42. The number of nitrogens with zero attached hydrogens (tertiary/aromatic N) is 4. The second-order valence-electron chi connectivity index (χ2n) is 10.1. The predicted octanol–water partition coefficient (Wildman–Crippen LogP) is 4.79. The first kappa shape index (κ1) is 22.4. The lowest BCUT2D eigenvalue weighted by Gasteiger charge is -2.40. The Morgan fingerprint density at radius 2 is 1.58 bits per heavy atom. The summed E-state index contributed by atoms with van der Waals surface area (Å²) >= 11 is 0. The minimum atomic E-state index is 0.112. The first-order chi connectivity index (χ1) is 16.2. The van der Waals surface area contributed by atoms with Crippen molar-refractivity contribution in [2.75, 3.05) is 39.3 Å². The number of likely N-dealkylation sites (tertiary alicyclic amines) is 3. The normalized spacial score (nSPS) is 21.2. The van der Waals surface area contributed by atoms with E-state index in [0.717, 1.165) is 60.9 Å². The van der Waals surface area contributed by atoms with Crippen LogP contribution in [0.1, 0.15) is 72.9 Å². The molecule has 0 bridgehead atoms. The molecule has 0 saturated carbocycles. The van der Waals surface area contributed by atoms with Crippen LogP contribution in [0.2, 0.25) is 0 Å². The Morgan fingerprint density at radius 1 is 0.909 bits per heavy atom. The number of nitriles is 1. The Balaban J connectivity index is 1.42. The van der Waals surface area contributed by atoms with Crippen molar-refractivity contribution in [3.05, 3.63) is 47.0 Å². The average molecular weight is 445 g/mol. The van der Waals surface area contributed by atoms with Crippen LogP contribution in [0, 0.1) is 11.3 Å². The maximum atomic E-state index is 13.8. The monoisotopic (exact) mass is 444 g/mol. The molecule has 0 aromatic heterocycles. The fourth-order valence-electron chi connectivity index (χ4n) is 6.10. The van der Waals surface area contributed by atoms with Crippen LogP contribution >= 0.6 is 0 Å². The number of hydrogen-bond acceptors (Lipinski definition) is 4. The largest absolute Gasteiger partial charge is 0.339 e. The van der Waals surface area contributed by atoms with E-state index in [1.165, 1.54) is 51.6 Å². The highest BCUT2D eigenvalue weighted by Gasteiger charge is 2.29. The highest BCUT2D eigenvalue weighted by atomic mass is 16.2. The summed E-state index contributed by atoms with van der Waals surface area (Å²) in [6.07, 6.45) is 9.76. The minimum Gasteiger partial charge on any atom is -0.339 e. The van der Waals surface area contributed by atoms with Crippen molar-refractivity contribution in [2.24, 2.45) is 0 Å². The van der Waals surface area contributed by atoms with E-state index in [1.54, 1.807) is 0 Å². The average Bonchev–Trinajstić information content (AvgIpc) is 2.89. The van der Waals surface area contributed by atoms with Crippen LogP contribution in [0.25, 0.3) is 10.8 Å². The second kappa shape index (κ2) is 10.2. The third-order valence-electron chi connectivity index (χ3n) is 7.98. The molecule has 0 unspecified atom stereocenters. The molecular weight excluding hydrogens is 408 g/mol. The SMILES string of the molecule is N#Cc1cc2ccccc2c(C(=O)N2CCCCC2)c1CN1CCC(N2CCCCC2)CC1. The van der Waals surface area contributed by atoms with Crippen molar-refractivity contribution >= 4 is 16.7 Å². The summed E-state index contributed by atoms with van der Waals surface area (Å²) in [5, 5.41) is 12.0. The second-order valence-corrected chi connectivity index (χ2v) is 10.1. The van der Waals surface area contributed by atoms with Gasteiger partial charge in [0.1, 0.15) is 0 Å². The van der Waals surface area contributed by atoms with Crippen LogP contribution in [0.15, 0.2) is 30.3 Å². The molecule has 0 aliphatic carbocycles. The van der Waals surface area contributed by atoms with Gasteiger partial charge in [-0.1, -0.05) is 30.7 Å². The van der Waals surface area contributed by atoms with E-state index < -0.39 is 0 Å². The van der Waals surface area contributed by atoms with Crippen molar-refractivity contribution in [1.82, 2.24) is 14.7 Å². The van der Waals surface area contributed by atoms with Gasteiger partial charge < -0.3 is 9.80 Å². The quantitative estimate of drug-likeness (QED) is 0.680. The molecule has 0 spiro atoms. The lowest BCUT2D eigenvalue weighted by Crippen LogP contribution is -2.46. The summed E-state index contributed by atoms with van der Waals surface area (Å²) in [5.74, 6) is 0.112. The van der Waals surface area contributed by atoms with Gasteiger partial charge in [0.05, 0.1) is 17.2 Å². The van der Waals surface area contributed by atoms with Crippen molar-refractivity contribution in [3.8, 4) is 6.07 Å². The van der Waals surface area contributed by atoms with E-state index in [9.17, 15) is 10.1 Å². The number of benzene rings is 2. The molecule has 174 valence electrons. The standard InChI is InChI=1S/C28H36N4O/c29-20-23-19-22-9-3-4-10-25(22)27(28(33)32-15-7-2-8-16-32)26(23)21-30-17-11-24(12-18-30)31-13-5-1-6-14-31/h3-4,9-10,19,24H,1-2,5-8,11-18,21H2. The molecule has 3 aliphatic rings. The Bertz CT molecular complexity index is 1020. The lowest BCUT2D eigenvalue weighted by molar-refractivity contribution is 0.0719. The first-order valence-corrected chi connectivity index (χ1v) is 12.9. The molecule has 5 heteroatoms. The molecule has 5 rings (SSSR count). The molecule has 5 nitrogen and oxygen atoms in total. The maximum Gasteiger partial charge on any atom is 0.254 e. The van der Waals surface area contributed by atoms with Crippen molar-refractivity contribution in [3.63, 3.8) is 0 Å². The fourth-order valence-corrected chi connectivity index (χ4v) is 6.10. The van der Waals surface area contributed by atoms with Crippen molar-refractivity contribution in [1.29, 1.82) is 5.26 Å². The van der Waals surface area contributed by atoms with Crippen LogP contribution in [-0.4, -0.2) is 65.9 Å². The Kier molecular flexibility index (Phi) is 6.94. The van der Waals surface area contributed by atoms with Crippen LogP contribution in [0.5, 0.6) is 0 Å². The van der Waals surface area contributed by atoms with Crippen LogP contribution in [0.3, 0.4) is 0 Å². The van der Waals surface area contributed by atoms with E-state index >= 15 is 0 Å². The first-order valence-electron chi connectivity index (χ1n) is 12.9. The number of hydrogen-bond donors (Lipinski definition) is 0. The zero-order valence-electron chi connectivity index (χ0n) is 19.8. The molecule has 3 fully saturated rings. The predicted molar refractivity (Wildman–Crippen MR) is 132 cm³/mol. The fraction of sp³-hybridized carbons (Fsp3) is 0.571. The van der Waals surface area contributed by atoms with E-state index in [1.807, 2.05) is 29.2 Å². The van der Waals surface area contributed by atoms with Gasteiger partial charge in [0.2, 0.25) is 0 Å². The molecule has 3 saturated heterocycles. The van der Waals surface area contributed by atoms with Gasteiger partial charge in [-0.25, -0.2) is 0 Å². The van der Waals surface area contributed by atoms with E-state index in [2.05, 4.69) is 21.9 Å². The highest BCUT2D eigenvalue weighted by molar-refractivity contribution is 6.09. The molecule has 3 aliphatic heterocycles. The van der Waals surface area contributed by atoms with Gasteiger partial charge in [-0.15, -0.1) is 0 Å². The van der Waals surface area contributed by atoms with Gasteiger partial charge in [0, 0.05) is 25.7 Å². The van der Waals surface area contributed by atoms with Crippen LogP contribution in [0.4, 0.5) is 0 Å². The number of carbonyl (C=O) groups excluding carboxylic acids is 1. The van der Waals surface area contributed by atoms with Gasteiger partial charge in [0.15, 0.2) is 0 Å². The minimum absolute atomic E-state index is 0.112. The highest BCUT2D eigenvalue weighted by Crippen LogP contribution is 2.30. The van der Waals surface area contributed by atoms with Gasteiger partial charge in [-0.3, -0.25) is 9.69 Å². The van der Waals surface area contributed by atoms with Gasteiger partial charge in [-0.05, 0) is 93.5 Å². The third-order valence-corrected chi connectivity index (χ3v) is 7.98. The number of carbonyl (C=O) groups is 1.